The molecular formula is C25H28N2O6. The Kier molecular flexibility index (Phi) is 6.65. The molecule has 1 unspecified atom stereocenters. The molecule has 0 aromatic heterocycles. The van der Waals surface area contributed by atoms with E-state index in [1.54, 1.807) is 0 Å². The Bertz CT molecular complexity index is 1000. The molecule has 8 nitrogen and oxygen atoms in total. The molecule has 1 saturated carbocycles. The fourth-order valence-electron chi connectivity index (χ4n) is 4.72. The lowest BCUT2D eigenvalue weighted by atomic mass is 9.74. The summed E-state index contributed by atoms with van der Waals surface area (Å²) < 4.78 is 5.42. The summed E-state index contributed by atoms with van der Waals surface area (Å²) in [6, 6.07) is 16.1. The summed E-state index contributed by atoms with van der Waals surface area (Å²) >= 11 is 0. The van der Waals surface area contributed by atoms with Crippen molar-refractivity contribution in [2.45, 2.75) is 49.7 Å². The van der Waals surface area contributed by atoms with Crippen molar-refractivity contribution in [1.29, 1.82) is 0 Å². The lowest BCUT2D eigenvalue weighted by Gasteiger charge is -2.41. The maximum absolute atomic E-state index is 12.2. The number of hydrogen-bond donors (Lipinski definition) is 4. The number of carboxylic acid groups (broad SMARTS) is 1. The normalized spacial score (nSPS) is 16.6. The van der Waals surface area contributed by atoms with Crippen molar-refractivity contribution >= 4 is 18.0 Å². The van der Waals surface area contributed by atoms with Crippen LogP contribution in [0.2, 0.25) is 0 Å². The van der Waals surface area contributed by atoms with Gasteiger partial charge in [-0.25, -0.2) is 4.79 Å². The predicted octanol–water partition coefficient (Wildman–Crippen LogP) is 2.79. The number of hydrogen-bond acceptors (Lipinski definition) is 5. The van der Waals surface area contributed by atoms with E-state index >= 15 is 0 Å². The van der Waals surface area contributed by atoms with Gasteiger partial charge in [-0.3, -0.25) is 9.59 Å². The van der Waals surface area contributed by atoms with Crippen molar-refractivity contribution in [2.24, 2.45) is 0 Å². The van der Waals surface area contributed by atoms with Gasteiger partial charge in [0.2, 0.25) is 5.91 Å². The maximum Gasteiger partial charge on any atom is 0.407 e. The molecule has 2 amide bonds. The standard InChI is InChI=1S/C25H28N2O6/c28-16(12-22(29)27-25(10-5-11-25)13-23(30)31)14-26-24(32)33-15-21-19-8-3-1-6-17(19)18-7-2-4-9-20(18)21/h1-4,6-9,16,21,28H,5,10-15H2,(H,26,32)(H,27,29)(H,30,31). The molecule has 4 N–H and O–H groups in total. The first-order chi connectivity index (χ1) is 15.9. The Hall–Kier alpha value is -3.39. The van der Waals surface area contributed by atoms with Gasteiger partial charge in [-0.1, -0.05) is 48.5 Å². The highest BCUT2D eigenvalue weighted by Crippen LogP contribution is 2.44. The van der Waals surface area contributed by atoms with Crippen molar-refractivity contribution in [3.8, 4) is 11.1 Å². The van der Waals surface area contributed by atoms with E-state index in [4.69, 9.17) is 9.84 Å². The summed E-state index contributed by atoms with van der Waals surface area (Å²) in [6.07, 6.45) is -0.0552. The number of fused-ring (bicyclic) bond motifs is 3. The fourth-order valence-corrected chi connectivity index (χ4v) is 4.72. The van der Waals surface area contributed by atoms with Crippen molar-refractivity contribution in [3.63, 3.8) is 0 Å². The summed E-state index contributed by atoms with van der Waals surface area (Å²) in [4.78, 5) is 35.4. The Balaban J connectivity index is 1.24. The fraction of sp³-hybridized carbons (Fsp3) is 0.400. The van der Waals surface area contributed by atoms with Crippen LogP contribution in [0.5, 0.6) is 0 Å². The number of carboxylic acids is 1. The van der Waals surface area contributed by atoms with E-state index in [9.17, 15) is 19.5 Å². The number of alkyl carbamates (subject to hydrolysis) is 1. The molecule has 0 aliphatic heterocycles. The zero-order valence-electron chi connectivity index (χ0n) is 18.3. The van der Waals surface area contributed by atoms with Gasteiger partial charge in [0, 0.05) is 12.5 Å². The second kappa shape index (κ2) is 9.62. The number of aliphatic hydroxyl groups is 1. The van der Waals surface area contributed by atoms with E-state index in [1.165, 1.54) is 0 Å². The van der Waals surface area contributed by atoms with E-state index in [1.807, 2.05) is 36.4 Å². The largest absolute Gasteiger partial charge is 0.481 e. The Morgan fingerprint density at radius 1 is 1.03 bits per heavy atom. The second-order valence-electron chi connectivity index (χ2n) is 8.82. The van der Waals surface area contributed by atoms with E-state index < -0.39 is 29.6 Å². The summed E-state index contributed by atoms with van der Waals surface area (Å²) in [5, 5.41) is 24.4. The van der Waals surface area contributed by atoms with Crippen LogP contribution in [0.3, 0.4) is 0 Å². The molecular weight excluding hydrogens is 424 g/mol. The van der Waals surface area contributed by atoms with Gasteiger partial charge < -0.3 is 25.6 Å². The van der Waals surface area contributed by atoms with Crippen LogP contribution in [0, 0.1) is 0 Å². The quantitative estimate of drug-likeness (QED) is 0.464. The van der Waals surface area contributed by atoms with Crippen LogP contribution in [-0.4, -0.2) is 53.0 Å². The van der Waals surface area contributed by atoms with Crippen LogP contribution in [0.15, 0.2) is 48.5 Å². The first-order valence-corrected chi connectivity index (χ1v) is 11.2. The predicted molar refractivity (Wildman–Crippen MR) is 121 cm³/mol. The third-order valence-electron chi connectivity index (χ3n) is 6.45. The highest BCUT2D eigenvalue weighted by molar-refractivity contribution is 5.80. The van der Waals surface area contributed by atoms with Crippen molar-refractivity contribution in [3.05, 3.63) is 59.7 Å². The third-order valence-corrected chi connectivity index (χ3v) is 6.45. The Morgan fingerprint density at radius 2 is 1.64 bits per heavy atom. The molecule has 2 aromatic carbocycles. The summed E-state index contributed by atoms with van der Waals surface area (Å²) in [5.74, 6) is -1.46. The van der Waals surface area contributed by atoms with Crippen molar-refractivity contribution in [2.75, 3.05) is 13.2 Å². The van der Waals surface area contributed by atoms with Crippen LogP contribution < -0.4 is 10.6 Å². The minimum Gasteiger partial charge on any atom is -0.481 e. The summed E-state index contributed by atoms with van der Waals surface area (Å²) in [6.45, 7) is 0.0180. The number of benzene rings is 2. The molecule has 174 valence electrons. The van der Waals surface area contributed by atoms with Crippen LogP contribution in [-0.2, 0) is 14.3 Å². The molecule has 2 aliphatic rings. The smallest absolute Gasteiger partial charge is 0.407 e. The molecule has 33 heavy (non-hydrogen) atoms. The highest BCUT2D eigenvalue weighted by atomic mass is 16.5. The average molecular weight is 453 g/mol. The molecule has 2 aliphatic carbocycles. The minimum atomic E-state index is -1.10. The van der Waals surface area contributed by atoms with Gasteiger partial charge in [-0.15, -0.1) is 0 Å². The molecule has 1 atom stereocenters. The molecule has 0 spiro atoms. The lowest BCUT2D eigenvalue weighted by molar-refractivity contribution is -0.140. The SMILES string of the molecule is O=C(O)CC1(NC(=O)CC(O)CNC(=O)OCC2c3ccccc3-c3ccccc32)CCC1. The highest BCUT2D eigenvalue weighted by Gasteiger charge is 2.40. The van der Waals surface area contributed by atoms with Crippen LogP contribution >= 0.6 is 0 Å². The van der Waals surface area contributed by atoms with Crippen molar-refractivity contribution < 1.29 is 29.3 Å². The number of nitrogens with one attached hydrogen (secondary N) is 2. The number of rotatable bonds is 9. The van der Waals surface area contributed by atoms with E-state index in [-0.39, 0.29) is 31.9 Å². The molecule has 0 saturated heterocycles. The van der Waals surface area contributed by atoms with Gasteiger partial charge in [-0.2, -0.15) is 0 Å². The maximum atomic E-state index is 12.2. The molecule has 0 radical (unpaired) electrons. The van der Waals surface area contributed by atoms with Gasteiger partial charge in [0.1, 0.15) is 6.61 Å². The number of carbonyl (C=O) groups excluding carboxylic acids is 2. The lowest BCUT2D eigenvalue weighted by Crippen LogP contribution is -2.55. The summed E-state index contributed by atoms with van der Waals surface area (Å²) in [7, 11) is 0. The average Bonchev–Trinajstić information content (AvgIpc) is 3.08. The minimum absolute atomic E-state index is 0.0632. The molecule has 1 fully saturated rings. The van der Waals surface area contributed by atoms with Gasteiger partial charge in [-0.05, 0) is 41.5 Å². The number of carbonyl (C=O) groups is 3. The molecule has 8 heteroatoms. The third kappa shape index (κ3) is 5.17. The van der Waals surface area contributed by atoms with E-state index in [2.05, 4.69) is 22.8 Å². The van der Waals surface area contributed by atoms with E-state index in [0.717, 1.165) is 28.7 Å². The number of aliphatic carboxylic acids is 1. The van der Waals surface area contributed by atoms with Crippen LogP contribution in [0.1, 0.15) is 49.1 Å². The van der Waals surface area contributed by atoms with Gasteiger partial charge in [0.15, 0.2) is 0 Å². The van der Waals surface area contributed by atoms with Gasteiger partial charge in [0.25, 0.3) is 0 Å². The molecule has 0 bridgehead atoms. The number of ether oxygens (including phenoxy) is 1. The van der Waals surface area contributed by atoms with Crippen LogP contribution in [0.25, 0.3) is 11.1 Å². The molecule has 2 aromatic rings. The van der Waals surface area contributed by atoms with Gasteiger partial charge in [0.05, 0.1) is 24.5 Å². The number of aliphatic hydroxyl groups excluding tert-OH is 1. The van der Waals surface area contributed by atoms with Crippen LogP contribution in [0.4, 0.5) is 4.79 Å². The second-order valence-corrected chi connectivity index (χ2v) is 8.82. The number of amides is 2. The van der Waals surface area contributed by atoms with Crippen molar-refractivity contribution in [1.82, 2.24) is 10.6 Å². The molecule has 0 heterocycles. The monoisotopic (exact) mass is 452 g/mol. The topological polar surface area (TPSA) is 125 Å². The zero-order valence-corrected chi connectivity index (χ0v) is 18.3. The van der Waals surface area contributed by atoms with Gasteiger partial charge >= 0.3 is 12.1 Å². The first kappa shape index (κ1) is 22.8. The first-order valence-electron chi connectivity index (χ1n) is 11.2. The molecule has 4 rings (SSSR count). The zero-order chi connectivity index (χ0) is 23.4. The Labute approximate surface area is 192 Å². The van der Waals surface area contributed by atoms with E-state index in [0.29, 0.717) is 12.8 Å². The Morgan fingerprint density at radius 3 is 2.18 bits per heavy atom. The summed E-state index contributed by atoms with van der Waals surface area (Å²) in [5.41, 5.74) is 3.76.